The minimum absolute atomic E-state index is 0.203. The van der Waals surface area contributed by atoms with Gasteiger partial charge in [-0.25, -0.2) is 4.79 Å². The largest absolute Gasteiger partial charge is 0.451 e. The Hall–Kier alpha value is -2.67. The zero-order valence-electron chi connectivity index (χ0n) is 14.2. The van der Waals surface area contributed by atoms with Crippen molar-refractivity contribution in [1.29, 1.82) is 0 Å². The van der Waals surface area contributed by atoms with Crippen molar-refractivity contribution in [3.05, 3.63) is 51.2 Å². The minimum atomic E-state index is -0.641. The molecule has 0 atom stereocenters. The number of carbonyl (C=O) groups excluding carboxylic acids is 3. The van der Waals surface area contributed by atoms with Crippen molar-refractivity contribution in [2.24, 2.45) is 5.73 Å². The van der Waals surface area contributed by atoms with Gasteiger partial charge in [-0.15, -0.1) is 11.3 Å². The number of rotatable bonds is 5. The molecular weight excluding hydrogens is 352 g/mol. The third-order valence-electron chi connectivity index (χ3n) is 4.25. The molecule has 1 heterocycles. The number of benzene rings is 1. The van der Waals surface area contributed by atoms with Gasteiger partial charge in [0.25, 0.3) is 11.8 Å². The summed E-state index contributed by atoms with van der Waals surface area (Å²) in [6.07, 6.45) is 5.48. The van der Waals surface area contributed by atoms with Crippen LogP contribution >= 0.6 is 11.3 Å². The van der Waals surface area contributed by atoms with Gasteiger partial charge in [-0.05, 0) is 49.4 Å². The molecule has 1 aromatic heterocycles. The second kappa shape index (κ2) is 8.14. The summed E-state index contributed by atoms with van der Waals surface area (Å²) in [5.74, 6) is -1.66. The second-order valence-corrected chi connectivity index (χ2v) is 7.29. The zero-order valence-corrected chi connectivity index (χ0v) is 15.1. The second-order valence-electron chi connectivity index (χ2n) is 6.15. The summed E-state index contributed by atoms with van der Waals surface area (Å²) in [7, 11) is 0. The molecule has 2 aromatic rings. The third kappa shape index (κ3) is 4.29. The Balaban J connectivity index is 1.58. The number of amides is 2. The van der Waals surface area contributed by atoms with Gasteiger partial charge in [0.15, 0.2) is 6.61 Å². The Bertz CT molecular complexity index is 820. The van der Waals surface area contributed by atoms with Crippen LogP contribution in [0.15, 0.2) is 30.3 Å². The summed E-state index contributed by atoms with van der Waals surface area (Å²) < 4.78 is 5.11. The fourth-order valence-electron chi connectivity index (χ4n) is 2.96. The van der Waals surface area contributed by atoms with Gasteiger partial charge in [0.2, 0.25) is 0 Å². The van der Waals surface area contributed by atoms with Crippen LogP contribution in [0.4, 0.5) is 5.69 Å². The van der Waals surface area contributed by atoms with Crippen LogP contribution in [-0.4, -0.2) is 24.4 Å². The molecule has 0 saturated carbocycles. The van der Waals surface area contributed by atoms with E-state index >= 15 is 0 Å². The van der Waals surface area contributed by atoms with E-state index in [2.05, 4.69) is 5.32 Å². The van der Waals surface area contributed by atoms with Crippen LogP contribution in [0.5, 0.6) is 0 Å². The molecule has 1 aliphatic carbocycles. The molecule has 0 radical (unpaired) electrons. The number of aryl methyl sites for hydroxylation is 2. The van der Waals surface area contributed by atoms with Crippen LogP contribution < -0.4 is 11.1 Å². The molecule has 1 aliphatic rings. The molecule has 7 heteroatoms. The predicted molar refractivity (Wildman–Crippen MR) is 99.5 cm³/mol. The predicted octanol–water partition coefficient (Wildman–Crippen LogP) is 2.91. The molecule has 0 spiro atoms. The highest BCUT2D eigenvalue weighted by molar-refractivity contribution is 7.14. The Morgan fingerprint density at radius 1 is 1.12 bits per heavy atom. The molecule has 1 aromatic carbocycles. The number of anilines is 1. The zero-order chi connectivity index (χ0) is 18.5. The van der Waals surface area contributed by atoms with Crippen molar-refractivity contribution < 1.29 is 19.1 Å². The van der Waals surface area contributed by atoms with Crippen LogP contribution in [0.25, 0.3) is 0 Å². The van der Waals surface area contributed by atoms with E-state index in [1.165, 1.54) is 34.3 Å². The Morgan fingerprint density at radius 3 is 2.69 bits per heavy atom. The molecule has 0 fully saturated rings. The summed E-state index contributed by atoms with van der Waals surface area (Å²) in [5, 5.41) is 2.54. The highest BCUT2D eigenvalue weighted by atomic mass is 32.1. The lowest BCUT2D eigenvalue weighted by molar-refractivity contribution is -0.119. The van der Waals surface area contributed by atoms with Crippen LogP contribution in [0, 0.1) is 0 Å². The van der Waals surface area contributed by atoms with E-state index in [9.17, 15) is 14.4 Å². The summed E-state index contributed by atoms with van der Waals surface area (Å²) >= 11 is 1.45. The number of hydrogen-bond acceptors (Lipinski definition) is 5. The maximum atomic E-state index is 12.2. The van der Waals surface area contributed by atoms with E-state index in [-0.39, 0.29) is 5.56 Å². The molecular formula is C19H20N2O4S. The Kier molecular flexibility index (Phi) is 5.68. The highest BCUT2D eigenvalue weighted by Gasteiger charge is 2.18. The molecule has 0 bridgehead atoms. The van der Waals surface area contributed by atoms with Gasteiger partial charge in [-0.3, -0.25) is 9.59 Å². The van der Waals surface area contributed by atoms with E-state index in [1.807, 2.05) is 6.07 Å². The molecule has 3 N–H and O–H groups in total. The molecule has 0 saturated heterocycles. The molecule has 26 heavy (non-hydrogen) atoms. The SMILES string of the molecule is NC(=O)c1ccccc1NC(=O)COC(=O)c1cc2c(s1)CCCCC2. The number of esters is 1. The van der Waals surface area contributed by atoms with Crippen LogP contribution in [0.3, 0.4) is 0 Å². The van der Waals surface area contributed by atoms with E-state index in [0.29, 0.717) is 10.6 Å². The van der Waals surface area contributed by atoms with Gasteiger partial charge < -0.3 is 15.8 Å². The monoisotopic (exact) mass is 372 g/mol. The van der Waals surface area contributed by atoms with Crippen molar-refractivity contribution in [1.82, 2.24) is 0 Å². The van der Waals surface area contributed by atoms with Crippen LogP contribution in [0.2, 0.25) is 0 Å². The maximum Gasteiger partial charge on any atom is 0.348 e. The number of carbonyl (C=O) groups is 3. The smallest absolute Gasteiger partial charge is 0.348 e. The van der Waals surface area contributed by atoms with E-state index in [4.69, 9.17) is 10.5 Å². The average molecular weight is 372 g/mol. The summed E-state index contributed by atoms with van der Waals surface area (Å²) in [6.45, 7) is -0.422. The number of ether oxygens (including phenoxy) is 1. The van der Waals surface area contributed by atoms with Gasteiger partial charge in [0.05, 0.1) is 11.3 Å². The lowest BCUT2D eigenvalue weighted by Gasteiger charge is -2.09. The van der Waals surface area contributed by atoms with Gasteiger partial charge >= 0.3 is 5.97 Å². The van der Waals surface area contributed by atoms with Crippen molar-refractivity contribution in [2.75, 3.05) is 11.9 Å². The Morgan fingerprint density at radius 2 is 1.88 bits per heavy atom. The van der Waals surface area contributed by atoms with Crippen molar-refractivity contribution in [3.63, 3.8) is 0 Å². The fraction of sp³-hybridized carbons (Fsp3) is 0.316. The maximum absolute atomic E-state index is 12.2. The lowest BCUT2D eigenvalue weighted by atomic mass is 10.1. The van der Waals surface area contributed by atoms with Gasteiger partial charge in [0.1, 0.15) is 4.88 Å². The number of nitrogens with one attached hydrogen (secondary N) is 1. The molecule has 6 nitrogen and oxygen atoms in total. The minimum Gasteiger partial charge on any atom is -0.451 e. The molecule has 136 valence electrons. The first kappa shape index (κ1) is 18.1. The first-order chi connectivity index (χ1) is 12.5. The molecule has 0 unspecified atom stereocenters. The average Bonchev–Trinajstić information content (AvgIpc) is 2.91. The van der Waals surface area contributed by atoms with Gasteiger partial charge in [-0.1, -0.05) is 18.6 Å². The number of primary amides is 1. The number of nitrogens with two attached hydrogens (primary N) is 1. The number of para-hydroxylation sites is 1. The standard InChI is InChI=1S/C19H20N2O4S/c20-18(23)13-7-4-5-8-14(13)21-17(22)11-25-19(24)16-10-12-6-2-1-3-9-15(12)26-16/h4-5,7-8,10H,1-3,6,9,11H2,(H2,20,23)(H,21,22). The highest BCUT2D eigenvalue weighted by Crippen LogP contribution is 2.29. The van der Waals surface area contributed by atoms with Crippen LogP contribution in [0.1, 0.15) is 49.7 Å². The summed E-state index contributed by atoms with van der Waals surface area (Å²) in [6, 6.07) is 8.29. The van der Waals surface area contributed by atoms with Crippen molar-refractivity contribution in [3.8, 4) is 0 Å². The molecule has 2 amide bonds. The summed E-state index contributed by atoms with van der Waals surface area (Å²) in [4.78, 5) is 37.4. The van der Waals surface area contributed by atoms with Gasteiger partial charge in [0, 0.05) is 4.88 Å². The van der Waals surface area contributed by atoms with E-state index in [1.54, 1.807) is 18.2 Å². The van der Waals surface area contributed by atoms with Crippen LogP contribution in [-0.2, 0) is 22.4 Å². The molecule has 3 rings (SSSR count). The number of thiophene rings is 1. The normalized spacial score (nSPS) is 13.4. The van der Waals surface area contributed by atoms with E-state index < -0.39 is 24.4 Å². The topological polar surface area (TPSA) is 98.5 Å². The first-order valence-electron chi connectivity index (χ1n) is 8.52. The van der Waals surface area contributed by atoms with Gasteiger partial charge in [-0.2, -0.15) is 0 Å². The number of hydrogen-bond donors (Lipinski definition) is 2. The lowest BCUT2D eigenvalue weighted by Crippen LogP contribution is -2.23. The Labute approximate surface area is 155 Å². The summed E-state index contributed by atoms with van der Waals surface area (Å²) in [5.41, 5.74) is 6.99. The quantitative estimate of drug-likeness (QED) is 0.623. The fourth-order valence-corrected chi connectivity index (χ4v) is 4.11. The first-order valence-corrected chi connectivity index (χ1v) is 9.33. The van der Waals surface area contributed by atoms with Crippen molar-refractivity contribution in [2.45, 2.75) is 32.1 Å². The van der Waals surface area contributed by atoms with E-state index in [0.717, 1.165) is 25.7 Å². The number of fused-ring (bicyclic) bond motifs is 1. The van der Waals surface area contributed by atoms with Crippen molar-refractivity contribution >= 4 is 34.8 Å². The third-order valence-corrected chi connectivity index (χ3v) is 5.47. The molecule has 0 aliphatic heterocycles.